The lowest BCUT2D eigenvalue weighted by molar-refractivity contribution is -0.261. The van der Waals surface area contributed by atoms with Crippen LogP contribution in [0, 0.1) is 0 Å². The van der Waals surface area contributed by atoms with Gasteiger partial charge >= 0.3 is 5.97 Å². The molecule has 1 saturated heterocycles. The van der Waals surface area contributed by atoms with E-state index >= 15 is 0 Å². The molecule has 0 amide bonds. The van der Waals surface area contributed by atoms with Gasteiger partial charge in [-0.25, -0.2) is 4.79 Å². The molecule has 63 heavy (non-hydrogen) atoms. The van der Waals surface area contributed by atoms with Crippen LogP contribution in [0.25, 0.3) is 6.08 Å². The molecule has 6 rings (SSSR count). The van der Waals surface area contributed by atoms with Gasteiger partial charge in [0.05, 0.1) is 39.1 Å². The molecule has 10 heteroatoms. The number of esters is 1. The quantitative estimate of drug-likeness (QED) is 0.0431. The standard InChI is InChI=1S/C53H64O9Si/c1-38(62-63(53(2,3)4,44-22-11-9-12-23-44)45-24-13-10-14-25-45)19-17-27-47(59-37-55-5)51-48(28-18-21-39-20-15-16-26-46(39)52(54)58-8)60-49(40-29-33-42(56-6)34-30-40)50(61-51)41-31-35-43(57-7)36-32-41/h9-16,18,20-26,29-36,38,47-51H,17,19,27-28,37H2,1-8H3/b21-18+/t38-,47+,48-,49+,50+,51+/m1/s1. The third-order valence-corrected chi connectivity index (χ3v) is 17.0. The predicted octanol–water partition coefficient (Wildman–Crippen LogP) is 10.3. The van der Waals surface area contributed by atoms with Crippen molar-refractivity contribution in [2.75, 3.05) is 35.2 Å². The first kappa shape index (κ1) is 47.4. The van der Waals surface area contributed by atoms with Gasteiger partial charge in [-0.3, -0.25) is 0 Å². The highest BCUT2D eigenvalue weighted by Gasteiger charge is 2.51. The van der Waals surface area contributed by atoms with E-state index in [9.17, 15) is 4.79 Å². The molecule has 0 spiro atoms. The first-order valence-electron chi connectivity index (χ1n) is 21.8. The van der Waals surface area contributed by atoms with Crippen molar-refractivity contribution < 1.29 is 42.4 Å². The summed E-state index contributed by atoms with van der Waals surface area (Å²) in [6.45, 7) is 9.21. The maximum Gasteiger partial charge on any atom is 0.338 e. The lowest BCUT2D eigenvalue weighted by Gasteiger charge is -2.45. The van der Waals surface area contributed by atoms with Crippen LogP contribution < -0.4 is 19.8 Å². The van der Waals surface area contributed by atoms with Crippen molar-refractivity contribution in [3.8, 4) is 11.5 Å². The normalized spacial score (nSPS) is 19.0. The molecule has 334 valence electrons. The van der Waals surface area contributed by atoms with Gasteiger partial charge in [0.15, 0.2) is 0 Å². The monoisotopic (exact) mass is 872 g/mol. The number of rotatable bonds is 20. The van der Waals surface area contributed by atoms with E-state index in [1.165, 1.54) is 17.5 Å². The van der Waals surface area contributed by atoms with Crippen molar-refractivity contribution in [3.63, 3.8) is 0 Å². The fourth-order valence-corrected chi connectivity index (χ4v) is 13.4. The molecule has 0 aliphatic carbocycles. The third kappa shape index (κ3) is 11.6. The van der Waals surface area contributed by atoms with Gasteiger partial charge in [-0.2, -0.15) is 0 Å². The first-order valence-corrected chi connectivity index (χ1v) is 23.8. The average Bonchev–Trinajstić information content (AvgIpc) is 3.32. The summed E-state index contributed by atoms with van der Waals surface area (Å²) in [7, 11) is 3.58. The first-order chi connectivity index (χ1) is 30.5. The smallest absolute Gasteiger partial charge is 0.338 e. The van der Waals surface area contributed by atoms with Crippen molar-refractivity contribution in [1.29, 1.82) is 0 Å². The molecular formula is C53H64O9Si. The molecule has 5 aromatic rings. The Morgan fingerprint density at radius 1 is 0.698 bits per heavy atom. The van der Waals surface area contributed by atoms with E-state index in [2.05, 4.69) is 88.4 Å². The maximum atomic E-state index is 12.7. The lowest BCUT2D eigenvalue weighted by atomic mass is 9.91. The second-order valence-electron chi connectivity index (χ2n) is 17.0. The summed E-state index contributed by atoms with van der Waals surface area (Å²) in [6, 6.07) is 44.8. The largest absolute Gasteiger partial charge is 0.497 e. The molecule has 1 fully saturated rings. The Morgan fingerprint density at radius 2 is 1.24 bits per heavy atom. The van der Waals surface area contributed by atoms with Crippen LogP contribution >= 0.6 is 0 Å². The molecule has 9 nitrogen and oxygen atoms in total. The molecule has 0 radical (unpaired) electrons. The summed E-state index contributed by atoms with van der Waals surface area (Å²) in [6.07, 6.45) is 4.37. The lowest BCUT2D eigenvalue weighted by Crippen LogP contribution is -2.67. The van der Waals surface area contributed by atoms with E-state index in [0.29, 0.717) is 18.4 Å². The average molecular weight is 873 g/mol. The summed E-state index contributed by atoms with van der Waals surface area (Å²) < 4.78 is 50.2. The van der Waals surface area contributed by atoms with Gasteiger partial charge < -0.3 is 37.6 Å². The zero-order valence-electron chi connectivity index (χ0n) is 38.0. The molecule has 6 atom stereocenters. The fraction of sp³-hybridized carbons (Fsp3) is 0.377. The minimum Gasteiger partial charge on any atom is -0.497 e. The molecule has 1 heterocycles. The van der Waals surface area contributed by atoms with Crippen LogP contribution in [0.5, 0.6) is 11.5 Å². The van der Waals surface area contributed by atoms with Crippen LogP contribution in [0.1, 0.15) is 92.6 Å². The second kappa shape index (κ2) is 22.5. The fourth-order valence-electron chi connectivity index (χ4n) is 8.70. The zero-order valence-corrected chi connectivity index (χ0v) is 39.0. The minimum atomic E-state index is -2.76. The van der Waals surface area contributed by atoms with E-state index < -0.39 is 44.8 Å². The van der Waals surface area contributed by atoms with Crippen LogP contribution in [0.3, 0.4) is 0 Å². The number of methoxy groups -OCH3 is 4. The molecule has 0 saturated carbocycles. The molecule has 0 N–H and O–H groups in total. The predicted molar refractivity (Wildman–Crippen MR) is 251 cm³/mol. The van der Waals surface area contributed by atoms with E-state index in [4.69, 9.17) is 37.6 Å². The van der Waals surface area contributed by atoms with Gasteiger partial charge in [0.25, 0.3) is 8.32 Å². The molecule has 0 aromatic heterocycles. The Labute approximate surface area is 375 Å². The highest BCUT2D eigenvalue weighted by molar-refractivity contribution is 6.99. The van der Waals surface area contributed by atoms with Crippen LogP contribution in [0.4, 0.5) is 0 Å². The summed E-state index contributed by atoms with van der Waals surface area (Å²) in [4.78, 5) is 12.7. The highest BCUT2D eigenvalue weighted by Crippen LogP contribution is 2.45. The Morgan fingerprint density at radius 3 is 1.76 bits per heavy atom. The van der Waals surface area contributed by atoms with E-state index in [-0.39, 0.29) is 17.9 Å². The van der Waals surface area contributed by atoms with E-state index in [0.717, 1.165) is 41.0 Å². The molecule has 0 unspecified atom stereocenters. The zero-order chi connectivity index (χ0) is 44.8. The van der Waals surface area contributed by atoms with Gasteiger partial charge in [-0.1, -0.05) is 136 Å². The number of hydrogen-bond acceptors (Lipinski definition) is 9. The van der Waals surface area contributed by atoms with Gasteiger partial charge in [-0.15, -0.1) is 0 Å². The van der Waals surface area contributed by atoms with Crippen molar-refractivity contribution in [2.45, 2.75) is 95.0 Å². The summed E-state index contributed by atoms with van der Waals surface area (Å²) >= 11 is 0. The van der Waals surface area contributed by atoms with Gasteiger partial charge in [0.1, 0.15) is 36.6 Å². The summed E-state index contributed by atoms with van der Waals surface area (Å²) in [5.74, 6) is 1.10. The molecule has 5 aromatic carbocycles. The molecule has 0 bridgehead atoms. The molecule has 1 aliphatic rings. The van der Waals surface area contributed by atoms with Crippen molar-refractivity contribution >= 4 is 30.7 Å². The van der Waals surface area contributed by atoms with Crippen molar-refractivity contribution in [1.82, 2.24) is 0 Å². The van der Waals surface area contributed by atoms with Gasteiger partial charge in [-0.05, 0) is 95.0 Å². The van der Waals surface area contributed by atoms with Crippen molar-refractivity contribution in [2.24, 2.45) is 0 Å². The van der Waals surface area contributed by atoms with Crippen LogP contribution in [-0.4, -0.2) is 73.9 Å². The van der Waals surface area contributed by atoms with Crippen LogP contribution in [0.15, 0.2) is 140 Å². The maximum absolute atomic E-state index is 12.7. The van der Waals surface area contributed by atoms with Gasteiger partial charge in [0.2, 0.25) is 0 Å². The SMILES string of the molecule is COCO[C@@H](CCC[C@@H](C)O[Si](c1ccccc1)(c1ccccc1)C(C)(C)C)[C@@H]1O[C@@H](c2ccc(OC)cc2)[C@H](c2ccc(OC)cc2)O[C@@H]1C/C=C/c1ccccc1C(=O)OC. The van der Waals surface area contributed by atoms with E-state index in [1.54, 1.807) is 27.4 Å². The topological polar surface area (TPSA) is 90.9 Å². The highest BCUT2D eigenvalue weighted by atomic mass is 28.4. The molecular weight excluding hydrogens is 809 g/mol. The van der Waals surface area contributed by atoms with E-state index in [1.807, 2.05) is 78.9 Å². The summed E-state index contributed by atoms with van der Waals surface area (Å²) in [5.41, 5.74) is 3.13. The van der Waals surface area contributed by atoms with Crippen molar-refractivity contribution in [3.05, 3.63) is 162 Å². The number of carbonyl (C=O) groups excluding carboxylic acids is 1. The number of benzene rings is 5. The second-order valence-corrected chi connectivity index (χ2v) is 21.3. The number of carbonyl (C=O) groups is 1. The third-order valence-electron chi connectivity index (χ3n) is 11.8. The Balaban J connectivity index is 1.32. The Bertz CT molecular complexity index is 2130. The Hall–Kier alpha value is -5.07. The number of ether oxygens (including phenoxy) is 7. The van der Waals surface area contributed by atoms with Gasteiger partial charge in [0, 0.05) is 13.2 Å². The van der Waals surface area contributed by atoms with Crippen LogP contribution in [0.2, 0.25) is 5.04 Å². The minimum absolute atomic E-state index is 0.0528. The molecule has 1 aliphatic heterocycles. The van der Waals surface area contributed by atoms with Crippen LogP contribution in [-0.2, 0) is 28.1 Å². The summed E-state index contributed by atoms with van der Waals surface area (Å²) in [5, 5.41) is 2.37. The number of hydrogen-bond donors (Lipinski definition) is 0. The Kier molecular flexibility index (Phi) is 16.9.